The summed E-state index contributed by atoms with van der Waals surface area (Å²) in [5.74, 6) is 5.04. The Balaban J connectivity index is 0.00000169. The van der Waals surface area contributed by atoms with Crippen LogP contribution in [0.4, 0.5) is 10.2 Å². The summed E-state index contributed by atoms with van der Waals surface area (Å²) >= 11 is 0. The first-order valence-electron chi connectivity index (χ1n) is 3.30. The minimum absolute atomic E-state index is 0. The Morgan fingerprint density at radius 3 is 2.36 bits per heavy atom. The molecule has 0 saturated carbocycles. The highest BCUT2D eigenvalue weighted by atomic mass is 35.5. The fraction of sp³-hybridized carbons (Fsp3) is 0. The van der Waals surface area contributed by atoms with Crippen molar-refractivity contribution in [3.63, 3.8) is 0 Å². The lowest BCUT2D eigenvalue weighted by atomic mass is 10.3. The van der Waals surface area contributed by atoms with Gasteiger partial charge in [0.2, 0.25) is 0 Å². The van der Waals surface area contributed by atoms with Crippen molar-refractivity contribution in [1.29, 1.82) is 0 Å². The largest absolute Gasteiger partial charge is 0.323 e. The van der Waals surface area contributed by atoms with E-state index in [1.54, 1.807) is 6.07 Å². The Morgan fingerprint density at radius 2 is 1.86 bits per heavy atom. The molecule has 1 rings (SSSR count). The van der Waals surface area contributed by atoms with Crippen molar-refractivity contribution in [2.24, 2.45) is 5.84 Å². The van der Waals surface area contributed by atoms with E-state index in [9.17, 15) is 12.9 Å². The molecule has 0 fully saturated rings. The second-order valence-corrected chi connectivity index (χ2v) is 3.82. The molecule has 0 heterocycles. The summed E-state index contributed by atoms with van der Waals surface area (Å²) in [4.78, 5) is 0.473. The van der Waals surface area contributed by atoms with E-state index in [0.29, 0.717) is 4.94 Å². The number of nitrogens with one attached hydrogen (secondary N) is 2. The van der Waals surface area contributed by atoms with Crippen LogP contribution in [0.15, 0.2) is 29.2 Å². The molecular weight excluding hydrogens is 233 g/mol. The quantitative estimate of drug-likeness (QED) is 0.410. The summed E-state index contributed by atoms with van der Waals surface area (Å²) in [5, 5.41) is 0. The zero-order valence-corrected chi connectivity index (χ0v) is 8.53. The van der Waals surface area contributed by atoms with Crippen molar-refractivity contribution in [1.82, 2.24) is 4.94 Å². The third-order valence-corrected chi connectivity index (χ3v) is 2.57. The van der Waals surface area contributed by atoms with Crippen LogP contribution in [-0.4, -0.2) is 8.42 Å². The van der Waals surface area contributed by atoms with Gasteiger partial charge in [-0.05, 0) is 17.1 Å². The molecule has 0 spiro atoms. The molecule has 5 nitrogen and oxygen atoms in total. The van der Waals surface area contributed by atoms with E-state index < -0.39 is 10.0 Å². The van der Waals surface area contributed by atoms with Crippen LogP contribution < -0.4 is 16.2 Å². The molecule has 0 atom stereocenters. The fourth-order valence-corrected chi connectivity index (χ4v) is 1.62. The molecule has 1 aromatic carbocycles. The fourth-order valence-electron chi connectivity index (χ4n) is 0.862. The van der Waals surface area contributed by atoms with E-state index in [2.05, 4.69) is 5.43 Å². The molecule has 1 aromatic rings. The third-order valence-electron chi connectivity index (χ3n) is 1.43. The first-order valence-corrected chi connectivity index (χ1v) is 4.78. The van der Waals surface area contributed by atoms with E-state index in [1.807, 2.05) is 0 Å². The van der Waals surface area contributed by atoms with Crippen LogP contribution in [0, 0.1) is 0 Å². The van der Waals surface area contributed by atoms with Gasteiger partial charge in [0.05, 0.1) is 5.69 Å². The average molecular weight is 242 g/mol. The summed E-state index contributed by atoms with van der Waals surface area (Å²) in [6.45, 7) is 0. The SMILES string of the molecule is Cl.NNc1ccccc1S(=O)(=O)NF. The topological polar surface area (TPSA) is 84.2 Å². The number of sulfonamides is 1. The maximum absolute atomic E-state index is 11.9. The van der Waals surface area contributed by atoms with E-state index in [1.165, 1.54) is 18.2 Å². The number of rotatable bonds is 3. The zero-order chi connectivity index (χ0) is 9.90. The van der Waals surface area contributed by atoms with Crippen LogP contribution in [0.2, 0.25) is 0 Å². The van der Waals surface area contributed by atoms with E-state index in [-0.39, 0.29) is 23.0 Å². The van der Waals surface area contributed by atoms with Crippen molar-refractivity contribution in [2.75, 3.05) is 5.43 Å². The molecule has 14 heavy (non-hydrogen) atoms. The number of nitrogen functional groups attached to an aromatic ring is 1. The monoisotopic (exact) mass is 241 g/mol. The number of halogens is 2. The van der Waals surface area contributed by atoms with Crippen molar-refractivity contribution in [3.8, 4) is 0 Å². The molecule has 80 valence electrons. The van der Waals surface area contributed by atoms with Crippen LogP contribution in [-0.2, 0) is 10.0 Å². The normalized spacial score (nSPS) is 10.4. The molecule has 8 heteroatoms. The van der Waals surface area contributed by atoms with E-state index in [4.69, 9.17) is 5.84 Å². The smallest absolute Gasteiger partial charge is 0.268 e. The van der Waals surface area contributed by atoms with Gasteiger partial charge < -0.3 is 5.43 Å². The van der Waals surface area contributed by atoms with Gasteiger partial charge in [0.15, 0.2) is 0 Å². The van der Waals surface area contributed by atoms with Gasteiger partial charge in [0.1, 0.15) is 4.90 Å². The maximum atomic E-state index is 11.9. The van der Waals surface area contributed by atoms with Crippen LogP contribution in [0.1, 0.15) is 0 Å². The molecule has 0 aliphatic carbocycles. The Bertz CT molecular complexity index is 398. The molecule has 4 N–H and O–H groups in total. The molecule has 0 amide bonds. The Kier molecular flexibility index (Phi) is 4.78. The van der Waals surface area contributed by atoms with Crippen LogP contribution >= 0.6 is 12.4 Å². The molecular formula is C6H9ClFN3O2S. The van der Waals surface area contributed by atoms with Gasteiger partial charge in [0.25, 0.3) is 10.0 Å². The average Bonchev–Trinajstić information content (AvgIpc) is 2.18. The number of hydrogen-bond acceptors (Lipinski definition) is 4. The van der Waals surface area contributed by atoms with Crippen molar-refractivity contribution >= 4 is 28.1 Å². The first-order chi connectivity index (χ1) is 6.11. The van der Waals surface area contributed by atoms with Gasteiger partial charge >= 0.3 is 0 Å². The number of benzene rings is 1. The molecule has 0 aromatic heterocycles. The number of hydrazine groups is 1. The van der Waals surface area contributed by atoms with Crippen LogP contribution in [0.5, 0.6) is 0 Å². The van der Waals surface area contributed by atoms with Crippen LogP contribution in [0.3, 0.4) is 0 Å². The summed E-state index contributed by atoms with van der Waals surface area (Å²) in [6.07, 6.45) is 0. The molecule has 0 aliphatic heterocycles. The van der Waals surface area contributed by atoms with Crippen molar-refractivity contribution in [3.05, 3.63) is 24.3 Å². The summed E-state index contributed by atoms with van der Waals surface area (Å²) in [6, 6.07) is 5.69. The number of nitrogens with two attached hydrogens (primary N) is 1. The minimum atomic E-state index is -4.10. The Morgan fingerprint density at radius 1 is 1.29 bits per heavy atom. The second kappa shape index (κ2) is 5.11. The summed E-state index contributed by atoms with van der Waals surface area (Å²) < 4.78 is 33.9. The van der Waals surface area contributed by atoms with E-state index >= 15 is 0 Å². The third kappa shape index (κ3) is 2.55. The highest BCUT2D eigenvalue weighted by molar-refractivity contribution is 7.89. The Hall–Kier alpha value is -0.890. The second-order valence-electron chi connectivity index (χ2n) is 2.22. The van der Waals surface area contributed by atoms with Crippen molar-refractivity contribution < 1.29 is 12.9 Å². The molecule has 0 bridgehead atoms. The van der Waals surface area contributed by atoms with Gasteiger partial charge in [0, 0.05) is 0 Å². The molecule has 0 saturated heterocycles. The molecule has 0 radical (unpaired) electrons. The maximum Gasteiger partial charge on any atom is 0.268 e. The summed E-state index contributed by atoms with van der Waals surface area (Å²) in [5.41, 5.74) is 2.28. The van der Waals surface area contributed by atoms with Gasteiger partial charge in [-0.15, -0.1) is 16.9 Å². The van der Waals surface area contributed by atoms with Crippen molar-refractivity contribution in [2.45, 2.75) is 4.90 Å². The first kappa shape index (κ1) is 13.1. The Labute approximate surface area is 86.9 Å². The lowest BCUT2D eigenvalue weighted by molar-refractivity contribution is 0.425. The lowest BCUT2D eigenvalue weighted by Gasteiger charge is -2.06. The van der Waals surface area contributed by atoms with Gasteiger partial charge in [-0.25, -0.2) is 8.42 Å². The standard InChI is InChI=1S/C6H8FN3O2S.ClH/c7-10-13(11,12)6-4-2-1-3-5(6)9-8;/h1-4,9-10H,8H2;1H. The predicted octanol–water partition coefficient (Wildman–Crippen LogP) is 0.557. The highest BCUT2D eigenvalue weighted by Crippen LogP contribution is 2.18. The molecule has 0 unspecified atom stereocenters. The zero-order valence-electron chi connectivity index (χ0n) is 6.90. The lowest BCUT2D eigenvalue weighted by Crippen LogP contribution is -2.18. The minimum Gasteiger partial charge on any atom is -0.323 e. The van der Waals surface area contributed by atoms with E-state index in [0.717, 1.165) is 0 Å². The number of anilines is 1. The molecule has 0 aliphatic rings. The number of hydrogen-bond donors (Lipinski definition) is 3. The van der Waals surface area contributed by atoms with Gasteiger partial charge in [-0.3, -0.25) is 5.84 Å². The number of para-hydroxylation sites is 1. The van der Waals surface area contributed by atoms with Crippen LogP contribution in [0.25, 0.3) is 0 Å². The van der Waals surface area contributed by atoms with Gasteiger partial charge in [-0.2, -0.15) is 0 Å². The predicted molar refractivity (Wildman–Crippen MR) is 52.9 cm³/mol. The highest BCUT2D eigenvalue weighted by Gasteiger charge is 2.16. The van der Waals surface area contributed by atoms with Gasteiger partial charge in [-0.1, -0.05) is 12.1 Å². The summed E-state index contributed by atoms with van der Waals surface area (Å²) in [7, 11) is -4.10.